The predicted molar refractivity (Wildman–Crippen MR) is 114 cm³/mol. The van der Waals surface area contributed by atoms with Crippen LogP contribution in [0.15, 0.2) is 48.7 Å². The molecule has 4 rings (SSSR count). The molecule has 4 nitrogen and oxygen atoms in total. The highest BCUT2D eigenvalue weighted by molar-refractivity contribution is 5.40. The molecule has 2 aromatic rings. The average molecular weight is 380 g/mol. The van der Waals surface area contributed by atoms with E-state index in [0.717, 1.165) is 37.6 Å². The van der Waals surface area contributed by atoms with Gasteiger partial charge in [-0.05, 0) is 24.6 Å². The second kappa shape index (κ2) is 6.57. The van der Waals surface area contributed by atoms with Crippen molar-refractivity contribution in [1.29, 1.82) is 0 Å². The zero-order valence-corrected chi connectivity index (χ0v) is 17.8. The summed E-state index contributed by atoms with van der Waals surface area (Å²) < 4.78 is 0. The molecule has 1 aromatic carbocycles. The van der Waals surface area contributed by atoms with Gasteiger partial charge >= 0.3 is 0 Å². The largest absolute Gasteiger partial charge is 0.384 e. The van der Waals surface area contributed by atoms with E-state index in [1.54, 1.807) is 0 Å². The van der Waals surface area contributed by atoms with Crippen LogP contribution >= 0.6 is 0 Å². The fraction of sp³-hybridized carbons (Fsp3) is 0.542. The minimum absolute atomic E-state index is 0.225. The van der Waals surface area contributed by atoms with E-state index in [9.17, 15) is 5.11 Å². The second-order valence-corrected chi connectivity index (χ2v) is 9.64. The van der Waals surface area contributed by atoms with E-state index in [2.05, 4.69) is 85.8 Å². The number of nitrogens with zero attached hydrogens (tertiary/aromatic N) is 3. The van der Waals surface area contributed by atoms with E-state index in [0.29, 0.717) is 6.04 Å². The van der Waals surface area contributed by atoms with Crippen LogP contribution in [0.2, 0.25) is 0 Å². The van der Waals surface area contributed by atoms with Crippen molar-refractivity contribution in [2.24, 2.45) is 10.8 Å². The van der Waals surface area contributed by atoms with Gasteiger partial charge < -0.3 is 10.0 Å². The number of aryl methyl sites for hydroxylation is 1. The smallest absolute Gasteiger partial charge is 0.128 e. The van der Waals surface area contributed by atoms with Crippen molar-refractivity contribution in [2.75, 3.05) is 31.1 Å². The van der Waals surface area contributed by atoms with Crippen LogP contribution in [-0.2, 0) is 5.60 Å². The first-order valence-corrected chi connectivity index (χ1v) is 10.4. The maximum Gasteiger partial charge on any atom is 0.128 e. The van der Waals surface area contributed by atoms with Crippen molar-refractivity contribution < 1.29 is 5.11 Å². The van der Waals surface area contributed by atoms with Crippen LogP contribution in [0, 0.1) is 17.8 Å². The van der Waals surface area contributed by atoms with Crippen LogP contribution in [0.25, 0.3) is 0 Å². The molecule has 1 aliphatic heterocycles. The summed E-state index contributed by atoms with van der Waals surface area (Å²) in [6.45, 7) is 15.0. The van der Waals surface area contributed by atoms with E-state index in [-0.39, 0.29) is 10.8 Å². The second-order valence-electron chi connectivity index (χ2n) is 9.64. The molecule has 0 bridgehead atoms. The highest BCUT2D eigenvalue weighted by Gasteiger charge is 2.73. The molecule has 0 spiro atoms. The molecule has 2 fully saturated rings. The summed E-state index contributed by atoms with van der Waals surface area (Å²) >= 11 is 0. The molecule has 1 saturated carbocycles. The topological polar surface area (TPSA) is 39.6 Å². The molecule has 150 valence electrons. The Labute approximate surface area is 169 Å². The fourth-order valence-electron chi connectivity index (χ4n) is 6.33. The van der Waals surface area contributed by atoms with Crippen molar-refractivity contribution >= 4 is 5.82 Å². The molecule has 1 N–H and O–H groups in total. The van der Waals surface area contributed by atoms with Crippen LogP contribution in [0.3, 0.4) is 0 Å². The van der Waals surface area contributed by atoms with Gasteiger partial charge in [-0.2, -0.15) is 0 Å². The van der Waals surface area contributed by atoms with Crippen LogP contribution in [0.4, 0.5) is 5.82 Å². The Hall–Kier alpha value is -1.91. The molecule has 0 unspecified atom stereocenters. The number of pyridine rings is 1. The normalized spacial score (nSPS) is 29.4. The standard InChI is InChI=1S/C24H33N3O/c1-18-9-8-10-19(17-18)24(28)22(2,3)21(23(24,4)5)27-15-13-26(14-16-27)20-11-6-7-12-25-20/h6-12,17,21,28H,13-16H2,1-5H3. The summed E-state index contributed by atoms with van der Waals surface area (Å²) in [5, 5.41) is 11.9. The SMILES string of the molecule is Cc1cccc(C2(O)C(C)(C)C(N3CCN(c4ccccn4)CC3)C2(C)C)c1. The molecule has 2 heterocycles. The van der Waals surface area contributed by atoms with Crippen LogP contribution < -0.4 is 4.90 Å². The number of aliphatic hydroxyl groups is 1. The summed E-state index contributed by atoms with van der Waals surface area (Å²) in [5.41, 5.74) is 0.958. The first-order chi connectivity index (χ1) is 13.2. The molecule has 1 aromatic heterocycles. The Bertz CT molecular complexity index is 822. The quantitative estimate of drug-likeness (QED) is 0.880. The Morgan fingerprint density at radius 1 is 0.929 bits per heavy atom. The van der Waals surface area contributed by atoms with Gasteiger partial charge in [-0.15, -0.1) is 0 Å². The highest BCUT2D eigenvalue weighted by Crippen LogP contribution is 2.68. The van der Waals surface area contributed by atoms with E-state index < -0.39 is 5.60 Å². The van der Waals surface area contributed by atoms with Crippen molar-refractivity contribution in [2.45, 2.75) is 46.3 Å². The maximum absolute atomic E-state index is 11.9. The minimum Gasteiger partial charge on any atom is -0.384 e. The third-order valence-corrected chi connectivity index (χ3v) is 7.32. The van der Waals surface area contributed by atoms with Crippen molar-refractivity contribution in [1.82, 2.24) is 9.88 Å². The van der Waals surface area contributed by atoms with Gasteiger partial charge in [0.25, 0.3) is 0 Å². The van der Waals surface area contributed by atoms with Crippen LogP contribution in [-0.4, -0.2) is 47.2 Å². The summed E-state index contributed by atoms with van der Waals surface area (Å²) in [5.74, 6) is 1.06. The van der Waals surface area contributed by atoms with Crippen LogP contribution in [0.1, 0.15) is 38.8 Å². The summed E-state index contributed by atoms with van der Waals surface area (Å²) in [7, 11) is 0. The molecule has 0 amide bonds. The lowest BCUT2D eigenvalue weighted by Gasteiger charge is -2.72. The molecular weight excluding hydrogens is 346 g/mol. The molecule has 0 atom stereocenters. The molecule has 2 aliphatic rings. The molecule has 1 saturated heterocycles. The van der Waals surface area contributed by atoms with Gasteiger partial charge in [-0.3, -0.25) is 4.90 Å². The van der Waals surface area contributed by atoms with Gasteiger partial charge in [0.05, 0.1) is 0 Å². The first kappa shape index (κ1) is 19.4. The van der Waals surface area contributed by atoms with Gasteiger partial charge in [0.2, 0.25) is 0 Å². The van der Waals surface area contributed by atoms with Crippen molar-refractivity contribution in [3.05, 3.63) is 59.8 Å². The number of piperazine rings is 1. The number of aromatic nitrogens is 1. The van der Waals surface area contributed by atoms with Crippen molar-refractivity contribution in [3.8, 4) is 0 Å². The van der Waals surface area contributed by atoms with E-state index in [1.807, 2.05) is 12.3 Å². The van der Waals surface area contributed by atoms with Gasteiger partial charge in [0.1, 0.15) is 11.4 Å². The Morgan fingerprint density at radius 3 is 2.18 bits per heavy atom. The third kappa shape index (κ3) is 2.61. The lowest BCUT2D eigenvalue weighted by Crippen LogP contribution is -2.79. The third-order valence-electron chi connectivity index (χ3n) is 7.32. The lowest BCUT2D eigenvalue weighted by molar-refractivity contribution is -0.307. The fourth-order valence-corrected chi connectivity index (χ4v) is 6.33. The van der Waals surface area contributed by atoms with E-state index in [1.165, 1.54) is 5.56 Å². The van der Waals surface area contributed by atoms with Crippen molar-refractivity contribution in [3.63, 3.8) is 0 Å². The molecular formula is C24H33N3O. The monoisotopic (exact) mass is 379 g/mol. The average Bonchev–Trinajstić information content (AvgIpc) is 2.68. The maximum atomic E-state index is 11.9. The van der Waals surface area contributed by atoms with E-state index >= 15 is 0 Å². The Kier molecular flexibility index (Phi) is 4.55. The Morgan fingerprint density at radius 2 is 1.61 bits per heavy atom. The zero-order chi connectivity index (χ0) is 20.2. The summed E-state index contributed by atoms with van der Waals surface area (Å²) in [6.07, 6.45) is 1.86. The summed E-state index contributed by atoms with van der Waals surface area (Å²) in [4.78, 5) is 9.45. The van der Waals surface area contributed by atoms with Gasteiger partial charge in [-0.25, -0.2) is 4.98 Å². The predicted octanol–water partition coefficient (Wildman–Crippen LogP) is 3.83. The van der Waals surface area contributed by atoms with Gasteiger partial charge in [0.15, 0.2) is 0 Å². The molecule has 4 heteroatoms. The highest BCUT2D eigenvalue weighted by atomic mass is 16.3. The van der Waals surface area contributed by atoms with Gasteiger partial charge in [0, 0.05) is 49.2 Å². The number of anilines is 1. The minimum atomic E-state index is -0.838. The zero-order valence-electron chi connectivity index (χ0n) is 17.8. The number of hydrogen-bond donors (Lipinski definition) is 1. The first-order valence-electron chi connectivity index (χ1n) is 10.4. The Balaban J connectivity index is 1.55. The molecule has 1 aliphatic carbocycles. The lowest BCUT2D eigenvalue weighted by atomic mass is 9.39. The number of hydrogen-bond acceptors (Lipinski definition) is 4. The molecule has 28 heavy (non-hydrogen) atoms. The van der Waals surface area contributed by atoms with E-state index in [4.69, 9.17) is 0 Å². The molecule has 0 radical (unpaired) electrons. The van der Waals surface area contributed by atoms with Crippen LogP contribution in [0.5, 0.6) is 0 Å². The van der Waals surface area contributed by atoms with Gasteiger partial charge in [-0.1, -0.05) is 63.6 Å². The number of rotatable bonds is 3. The number of benzene rings is 1. The summed E-state index contributed by atoms with van der Waals surface area (Å²) in [6, 6.07) is 14.8.